The number of amides is 2. The number of ether oxygens (including phenoxy) is 1. The largest absolute Gasteiger partial charge is 0.492 e. The first kappa shape index (κ1) is 27.2. The number of nitrogens with one attached hydrogen (secondary N) is 1. The van der Waals surface area contributed by atoms with E-state index in [-0.39, 0.29) is 24.8 Å². The van der Waals surface area contributed by atoms with Crippen LogP contribution in [0.2, 0.25) is 0 Å². The molecule has 0 aromatic heterocycles. The number of likely N-dealkylation sites (N-methyl/N-ethyl adjacent to an activating group) is 1. The van der Waals surface area contributed by atoms with Gasteiger partial charge in [0.05, 0.1) is 18.6 Å². The Labute approximate surface area is 202 Å². The summed E-state index contributed by atoms with van der Waals surface area (Å²) in [4.78, 5) is 26.9. The third-order valence-corrected chi connectivity index (χ3v) is 6.66. The third kappa shape index (κ3) is 7.76. The number of benzene rings is 2. The summed E-state index contributed by atoms with van der Waals surface area (Å²) in [6.45, 7) is 4.44. The van der Waals surface area contributed by atoms with Crippen LogP contribution in [-0.4, -0.2) is 64.2 Å². The number of carbonyl (C=O) groups excluding carboxylic acids is 2. The van der Waals surface area contributed by atoms with E-state index in [0.717, 1.165) is 11.8 Å². The maximum absolute atomic E-state index is 13.1. The summed E-state index contributed by atoms with van der Waals surface area (Å²) in [5, 5.41) is 2.60. The van der Waals surface area contributed by atoms with E-state index in [1.165, 1.54) is 4.31 Å². The molecule has 34 heavy (non-hydrogen) atoms. The van der Waals surface area contributed by atoms with Crippen LogP contribution in [0, 0.1) is 0 Å². The van der Waals surface area contributed by atoms with Crippen molar-refractivity contribution in [2.24, 2.45) is 0 Å². The highest BCUT2D eigenvalue weighted by molar-refractivity contribution is 7.92. The van der Waals surface area contributed by atoms with Gasteiger partial charge < -0.3 is 15.0 Å². The van der Waals surface area contributed by atoms with E-state index >= 15 is 0 Å². The van der Waals surface area contributed by atoms with Gasteiger partial charge in [0.25, 0.3) is 0 Å². The molecule has 0 spiro atoms. The average molecular weight is 490 g/mol. The van der Waals surface area contributed by atoms with Gasteiger partial charge in [-0.3, -0.25) is 13.9 Å². The summed E-state index contributed by atoms with van der Waals surface area (Å²) in [7, 11) is -2.05. The van der Waals surface area contributed by atoms with Gasteiger partial charge in [0.15, 0.2) is 0 Å². The second-order valence-corrected chi connectivity index (χ2v) is 9.86. The third-order valence-electron chi connectivity index (χ3n) is 5.48. The van der Waals surface area contributed by atoms with Gasteiger partial charge in [0.1, 0.15) is 11.8 Å². The maximum Gasteiger partial charge on any atom is 0.242 e. The zero-order valence-corrected chi connectivity index (χ0v) is 21.2. The van der Waals surface area contributed by atoms with Crippen molar-refractivity contribution >= 4 is 27.5 Å². The molecule has 0 aliphatic rings. The molecule has 186 valence electrons. The number of nitrogens with zero attached hydrogens (tertiary/aromatic N) is 2. The van der Waals surface area contributed by atoms with Crippen LogP contribution in [0.4, 0.5) is 5.69 Å². The molecular weight excluding hydrogens is 454 g/mol. The quantitative estimate of drug-likeness (QED) is 0.467. The van der Waals surface area contributed by atoms with Crippen molar-refractivity contribution in [3.8, 4) is 5.75 Å². The van der Waals surface area contributed by atoms with Gasteiger partial charge in [-0.25, -0.2) is 8.42 Å². The molecule has 2 aromatic rings. The number of anilines is 1. The Morgan fingerprint density at radius 2 is 1.68 bits per heavy atom. The zero-order valence-electron chi connectivity index (χ0n) is 20.4. The average Bonchev–Trinajstić information content (AvgIpc) is 2.82. The Balaban J connectivity index is 2.12. The molecular formula is C25H35N3O5S. The molecule has 0 aliphatic heterocycles. The molecule has 0 saturated heterocycles. The molecule has 0 unspecified atom stereocenters. The molecule has 2 rings (SSSR count). The fraction of sp³-hybridized carbons (Fsp3) is 0.440. The van der Waals surface area contributed by atoms with E-state index in [1.54, 1.807) is 43.1 Å². The smallest absolute Gasteiger partial charge is 0.242 e. The zero-order chi connectivity index (χ0) is 25.1. The highest BCUT2D eigenvalue weighted by atomic mass is 32.2. The Morgan fingerprint density at radius 1 is 1.03 bits per heavy atom. The highest BCUT2D eigenvalue weighted by Crippen LogP contribution is 2.30. The van der Waals surface area contributed by atoms with E-state index in [2.05, 4.69) is 5.32 Å². The highest BCUT2D eigenvalue weighted by Gasteiger charge is 2.26. The topological polar surface area (TPSA) is 96.0 Å². The second-order valence-electron chi connectivity index (χ2n) is 7.95. The van der Waals surface area contributed by atoms with Gasteiger partial charge >= 0.3 is 0 Å². The summed E-state index contributed by atoms with van der Waals surface area (Å²) in [5.41, 5.74) is 1.51. The van der Waals surface area contributed by atoms with Gasteiger partial charge in [-0.15, -0.1) is 0 Å². The van der Waals surface area contributed by atoms with Gasteiger partial charge in [0, 0.05) is 26.6 Å². The summed E-state index contributed by atoms with van der Waals surface area (Å²) >= 11 is 0. The lowest BCUT2D eigenvalue weighted by atomic mass is 10.1. The van der Waals surface area contributed by atoms with Crippen molar-refractivity contribution < 1.29 is 22.7 Å². The predicted octanol–water partition coefficient (Wildman–Crippen LogP) is 2.84. The van der Waals surface area contributed by atoms with Crippen molar-refractivity contribution in [2.75, 3.05) is 37.3 Å². The van der Waals surface area contributed by atoms with Crippen LogP contribution in [0.3, 0.4) is 0 Å². The number of sulfonamides is 1. The summed E-state index contributed by atoms with van der Waals surface area (Å²) in [5.74, 6) is 0.0304. The van der Waals surface area contributed by atoms with Crippen LogP contribution < -0.4 is 14.4 Å². The molecule has 0 radical (unpaired) electrons. The lowest BCUT2D eigenvalue weighted by Gasteiger charge is -2.29. The van der Waals surface area contributed by atoms with Crippen LogP contribution >= 0.6 is 0 Å². The van der Waals surface area contributed by atoms with Crippen LogP contribution in [0.1, 0.15) is 32.3 Å². The fourth-order valence-corrected chi connectivity index (χ4v) is 4.67. The summed E-state index contributed by atoms with van der Waals surface area (Å²) in [6.07, 6.45) is 2.16. The van der Waals surface area contributed by atoms with Crippen molar-refractivity contribution in [1.29, 1.82) is 0 Å². The van der Waals surface area contributed by atoms with Gasteiger partial charge in [-0.05, 0) is 44.4 Å². The molecule has 8 nitrogen and oxygen atoms in total. The Morgan fingerprint density at radius 3 is 2.29 bits per heavy atom. The van der Waals surface area contributed by atoms with Crippen LogP contribution in [0.25, 0.3) is 0 Å². The van der Waals surface area contributed by atoms with E-state index in [1.807, 2.05) is 37.3 Å². The molecule has 2 amide bonds. The molecule has 0 saturated carbocycles. The summed E-state index contributed by atoms with van der Waals surface area (Å²) < 4.78 is 31.9. The standard InChI is InChI=1S/C25H35N3O5S/c1-5-33-23-15-10-9-14-22(23)28(34(4,31)32)18-11-16-24(29)27(20(2)25(30)26-3)19-17-21-12-7-6-8-13-21/h6-10,12-15,20H,5,11,16-19H2,1-4H3,(H,26,30)/t20-/m1/s1. The number of rotatable bonds is 13. The monoisotopic (exact) mass is 489 g/mol. The molecule has 0 bridgehead atoms. The Kier molecular flexibility index (Phi) is 10.4. The number of carbonyl (C=O) groups is 2. The normalized spacial score (nSPS) is 12.0. The molecule has 9 heteroatoms. The minimum absolute atomic E-state index is 0.110. The fourth-order valence-electron chi connectivity index (χ4n) is 3.70. The molecule has 0 fully saturated rings. The lowest BCUT2D eigenvalue weighted by Crippen LogP contribution is -2.48. The minimum Gasteiger partial charge on any atom is -0.492 e. The van der Waals surface area contributed by atoms with Crippen molar-refractivity contribution in [3.05, 3.63) is 60.2 Å². The second kappa shape index (κ2) is 13.0. The van der Waals surface area contributed by atoms with Crippen LogP contribution in [-0.2, 0) is 26.0 Å². The van der Waals surface area contributed by atoms with E-state index in [4.69, 9.17) is 4.74 Å². The Hall–Kier alpha value is -3.07. The lowest BCUT2D eigenvalue weighted by molar-refractivity contribution is -0.139. The van der Waals surface area contributed by atoms with Crippen molar-refractivity contribution in [1.82, 2.24) is 10.2 Å². The van der Waals surface area contributed by atoms with E-state index in [0.29, 0.717) is 37.4 Å². The number of hydrogen-bond donors (Lipinski definition) is 1. The summed E-state index contributed by atoms with van der Waals surface area (Å²) in [6, 6.07) is 16.1. The van der Waals surface area contributed by atoms with Gasteiger partial charge in [0.2, 0.25) is 21.8 Å². The number of para-hydroxylation sites is 2. The van der Waals surface area contributed by atoms with E-state index in [9.17, 15) is 18.0 Å². The maximum atomic E-state index is 13.1. The minimum atomic E-state index is -3.59. The first-order valence-corrected chi connectivity index (χ1v) is 13.3. The van der Waals surface area contributed by atoms with Gasteiger partial charge in [-0.1, -0.05) is 42.5 Å². The number of hydrogen-bond acceptors (Lipinski definition) is 5. The van der Waals surface area contributed by atoms with Crippen molar-refractivity contribution in [3.63, 3.8) is 0 Å². The molecule has 0 aliphatic carbocycles. The van der Waals surface area contributed by atoms with Crippen LogP contribution in [0.5, 0.6) is 5.75 Å². The first-order chi connectivity index (χ1) is 16.2. The van der Waals surface area contributed by atoms with Gasteiger partial charge in [-0.2, -0.15) is 0 Å². The first-order valence-electron chi connectivity index (χ1n) is 11.4. The van der Waals surface area contributed by atoms with E-state index < -0.39 is 16.1 Å². The predicted molar refractivity (Wildman–Crippen MR) is 134 cm³/mol. The SMILES string of the molecule is CCOc1ccccc1N(CCCC(=O)N(CCc1ccccc1)[C@H](C)C(=O)NC)S(C)(=O)=O. The van der Waals surface area contributed by atoms with Crippen LogP contribution in [0.15, 0.2) is 54.6 Å². The molecule has 1 atom stereocenters. The molecule has 2 aromatic carbocycles. The molecule has 1 N–H and O–H groups in total. The Bertz CT molecular complexity index is 1040. The van der Waals surface area contributed by atoms with Crippen molar-refractivity contribution in [2.45, 2.75) is 39.2 Å². The molecule has 0 heterocycles.